The van der Waals surface area contributed by atoms with E-state index in [2.05, 4.69) is 31.7 Å². The zero-order valence-corrected chi connectivity index (χ0v) is 23.1. The molecule has 0 fully saturated rings. The van der Waals surface area contributed by atoms with Crippen molar-refractivity contribution in [2.24, 2.45) is 0 Å². The number of alkyl halides is 3. The molecule has 1 aliphatic carbocycles. The van der Waals surface area contributed by atoms with Crippen molar-refractivity contribution in [3.8, 4) is 0 Å². The molecule has 202 valence electrons. The molecular weight excluding hydrogens is 585 g/mol. The number of nitrogens with zero attached hydrogens (tertiary/aromatic N) is 2. The summed E-state index contributed by atoms with van der Waals surface area (Å²) in [7, 11) is 0. The number of hydrogen-bond acceptors (Lipinski definition) is 6. The van der Waals surface area contributed by atoms with E-state index >= 15 is 0 Å². The van der Waals surface area contributed by atoms with Gasteiger partial charge in [-0.3, -0.25) is 4.79 Å². The van der Waals surface area contributed by atoms with E-state index in [1.54, 1.807) is 38.1 Å². The molecule has 7 nitrogen and oxygen atoms in total. The molecule has 3 aromatic rings. The summed E-state index contributed by atoms with van der Waals surface area (Å²) in [6.45, 7) is 3.50. The van der Waals surface area contributed by atoms with Crippen LogP contribution in [0.3, 0.4) is 0 Å². The van der Waals surface area contributed by atoms with E-state index in [0.717, 1.165) is 45.1 Å². The van der Waals surface area contributed by atoms with E-state index in [9.17, 15) is 22.8 Å². The summed E-state index contributed by atoms with van der Waals surface area (Å²) in [6.07, 6.45) is -0.629. The quantitative estimate of drug-likeness (QED) is 0.302. The van der Waals surface area contributed by atoms with Crippen LogP contribution < -0.4 is 10.6 Å². The third kappa shape index (κ3) is 5.20. The molecule has 2 aromatic heterocycles. The monoisotopic (exact) mass is 610 g/mol. The first-order chi connectivity index (χ1) is 18.0. The number of ether oxygens (including phenoxy) is 1. The largest absolute Gasteiger partial charge is 0.459 e. The lowest BCUT2D eigenvalue weighted by Gasteiger charge is -2.34. The Labute approximate surface area is 229 Å². The number of carbonyl (C=O) groups is 2. The minimum absolute atomic E-state index is 0.0170. The van der Waals surface area contributed by atoms with E-state index < -0.39 is 30.1 Å². The van der Waals surface area contributed by atoms with Crippen LogP contribution >= 0.6 is 27.3 Å². The zero-order valence-electron chi connectivity index (χ0n) is 20.7. The van der Waals surface area contributed by atoms with Crippen LogP contribution in [0, 0.1) is 0 Å². The average molecular weight is 611 g/mol. The molecule has 12 heteroatoms. The van der Waals surface area contributed by atoms with Crippen molar-refractivity contribution in [2.45, 2.75) is 70.3 Å². The Bertz CT molecular complexity index is 1370. The van der Waals surface area contributed by atoms with Crippen molar-refractivity contribution in [2.75, 3.05) is 10.6 Å². The standard InChI is InChI=1S/C26H26BrF3N4O3S/c1-13(2)37-25(36)21-16-5-3-4-6-19(16)38-24(21)33-23(35)17-12-31-34-20(26(28,29)30)11-18(32-22(17)34)14-7-9-15(27)10-8-14/h7-10,12-13,18,20,32H,3-6,11H2,1-2H3,(H,33,35)/t18-,20-/m0/s1. The second-order valence-electron chi connectivity index (χ2n) is 9.72. The predicted octanol–water partition coefficient (Wildman–Crippen LogP) is 7.06. The molecule has 0 saturated heterocycles. The smallest absolute Gasteiger partial charge is 0.410 e. The molecule has 2 aliphatic rings. The molecule has 0 bridgehead atoms. The summed E-state index contributed by atoms with van der Waals surface area (Å²) >= 11 is 4.66. The summed E-state index contributed by atoms with van der Waals surface area (Å²) in [6, 6.07) is 4.41. The number of hydrogen-bond donors (Lipinski definition) is 2. The van der Waals surface area contributed by atoms with Gasteiger partial charge in [-0.2, -0.15) is 18.3 Å². The molecule has 2 N–H and O–H groups in total. The van der Waals surface area contributed by atoms with Crippen LogP contribution in [0.2, 0.25) is 0 Å². The molecule has 0 radical (unpaired) electrons. The summed E-state index contributed by atoms with van der Waals surface area (Å²) in [5, 5.41) is 10.2. The molecule has 38 heavy (non-hydrogen) atoms. The van der Waals surface area contributed by atoms with Gasteiger partial charge in [0.1, 0.15) is 16.4 Å². The fraction of sp³-hybridized carbons (Fsp3) is 0.423. The van der Waals surface area contributed by atoms with Gasteiger partial charge in [0.15, 0.2) is 6.04 Å². The van der Waals surface area contributed by atoms with Crippen molar-refractivity contribution >= 4 is 50.0 Å². The van der Waals surface area contributed by atoms with E-state index in [1.165, 1.54) is 11.3 Å². The van der Waals surface area contributed by atoms with Gasteiger partial charge in [-0.05, 0) is 62.8 Å². The average Bonchev–Trinajstić information content (AvgIpc) is 3.44. The Morgan fingerprint density at radius 1 is 1.21 bits per heavy atom. The van der Waals surface area contributed by atoms with Gasteiger partial charge in [-0.1, -0.05) is 28.1 Å². The van der Waals surface area contributed by atoms with Gasteiger partial charge in [0, 0.05) is 15.8 Å². The second kappa shape index (κ2) is 10.4. The van der Waals surface area contributed by atoms with Gasteiger partial charge in [0.05, 0.1) is 23.9 Å². The molecule has 1 aromatic carbocycles. The van der Waals surface area contributed by atoms with Crippen LogP contribution in [0.1, 0.15) is 81.9 Å². The summed E-state index contributed by atoms with van der Waals surface area (Å²) in [4.78, 5) is 27.4. The topological polar surface area (TPSA) is 85.2 Å². The number of amides is 1. The molecule has 1 aliphatic heterocycles. The van der Waals surface area contributed by atoms with Crippen LogP contribution in [0.15, 0.2) is 34.9 Å². The number of aromatic nitrogens is 2. The zero-order chi connectivity index (χ0) is 27.2. The maximum absolute atomic E-state index is 14.1. The number of benzene rings is 1. The van der Waals surface area contributed by atoms with E-state index in [1.807, 2.05) is 0 Å². The van der Waals surface area contributed by atoms with Crippen molar-refractivity contribution in [3.63, 3.8) is 0 Å². The highest BCUT2D eigenvalue weighted by atomic mass is 79.9. The maximum atomic E-state index is 14.1. The third-order valence-corrected chi connectivity index (χ3v) is 8.44. The molecule has 0 saturated carbocycles. The van der Waals surface area contributed by atoms with Gasteiger partial charge in [-0.25, -0.2) is 9.48 Å². The lowest BCUT2D eigenvalue weighted by molar-refractivity contribution is -0.173. The first kappa shape index (κ1) is 26.7. The van der Waals surface area contributed by atoms with Crippen LogP contribution in [0.4, 0.5) is 24.0 Å². The Hall–Kier alpha value is -2.86. The maximum Gasteiger partial charge on any atom is 0.410 e. The number of fused-ring (bicyclic) bond motifs is 2. The molecule has 3 heterocycles. The molecule has 2 atom stereocenters. The number of halogens is 4. The van der Waals surface area contributed by atoms with Gasteiger partial charge < -0.3 is 15.4 Å². The van der Waals surface area contributed by atoms with Crippen molar-refractivity contribution in [1.29, 1.82) is 0 Å². The van der Waals surface area contributed by atoms with E-state index in [0.29, 0.717) is 22.5 Å². The number of carbonyl (C=O) groups excluding carboxylic acids is 2. The molecule has 0 spiro atoms. The molecule has 0 unspecified atom stereocenters. The van der Waals surface area contributed by atoms with Crippen molar-refractivity contribution in [3.05, 3.63) is 62.1 Å². The number of thiophene rings is 1. The number of rotatable bonds is 5. The number of nitrogens with one attached hydrogen (secondary N) is 2. The van der Waals surface area contributed by atoms with Crippen LogP contribution in [-0.2, 0) is 17.6 Å². The molecule has 1 amide bonds. The number of aryl methyl sites for hydroxylation is 1. The SMILES string of the molecule is CC(C)OC(=O)c1c(NC(=O)c2cnn3c2N[C@H](c2ccc(Br)cc2)C[C@H]3C(F)(F)F)sc2c1CCCC2. The minimum Gasteiger partial charge on any atom is -0.459 e. The summed E-state index contributed by atoms with van der Waals surface area (Å²) < 4.78 is 49.3. The van der Waals surface area contributed by atoms with Gasteiger partial charge in [0.25, 0.3) is 5.91 Å². The molecular formula is C26H26BrF3N4O3S. The fourth-order valence-corrected chi connectivity index (χ4v) is 6.49. The first-order valence-electron chi connectivity index (χ1n) is 12.4. The lowest BCUT2D eigenvalue weighted by Crippen LogP contribution is -2.36. The predicted molar refractivity (Wildman–Crippen MR) is 142 cm³/mol. The van der Waals surface area contributed by atoms with Crippen LogP contribution in [0.25, 0.3) is 0 Å². The van der Waals surface area contributed by atoms with E-state index in [4.69, 9.17) is 4.74 Å². The molecule has 5 rings (SSSR count). The highest BCUT2D eigenvalue weighted by molar-refractivity contribution is 9.10. The fourth-order valence-electron chi connectivity index (χ4n) is 4.96. The van der Waals surface area contributed by atoms with Gasteiger partial charge >= 0.3 is 12.1 Å². The Morgan fingerprint density at radius 2 is 1.92 bits per heavy atom. The van der Waals surface area contributed by atoms with Crippen molar-refractivity contribution in [1.82, 2.24) is 9.78 Å². The highest BCUT2D eigenvalue weighted by Crippen LogP contribution is 2.45. The minimum atomic E-state index is -4.56. The van der Waals surface area contributed by atoms with Crippen LogP contribution in [0.5, 0.6) is 0 Å². The number of esters is 1. The highest BCUT2D eigenvalue weighted by Gasteiger charge is 2.47. The third-order valence-electron chi connectivity index (χ3n) is 6.70. The Kier molecular flexibility index (Phi) is 7.29. The normalized spacial score (nSPS) is 18.9. The lowest BCUT2D eigenvalue weighted by atomic mass is 9.95. The van der Waals surface area contributed by atoms with Crippen LogP contribution in [-0.4, -0.2) is 33.9 Å². The second-order valence-corrected chi connectivity index (χ2v) is 11.7. The first-order valence-corrected chi connectivity index (χ1v) is 14.0. The Morgan fingerprint density at radius 3 is 2.61 bits per heavy atom. The van der Waals surface area contributed by atoms with Crippen molar-refractivity contribution < 1.29 is 27.5 Å². The van der Waals surface area contributed by atoms with Gasteiger partial charge in [-0.15, -0.1) is 11.3 Å². The summed E-state index contributed by atoms with van der Waals surface area (Å²) in [5.41, 5.74) is 1.84. The van der Waals surface area contributed by atoms with Gasteiger partial charge in [0.2, 0.25) is 0 Å². The number of anilines is 2. The summed E-state index contributed by atoms with van der Waals surface area (Å²) in [5.74, 6) is -1.18. The Balaban J connectivity index is 1.49. The van der Waals surface area contributed by atoms with E-state index in [-0.39, 0.29) is 23.9 Å².